The maximum Gasteiger partial charge on any atom is 0.235 e. The first-order valence-corrected chi connectivity index (χ1v) is 7.40. The molecule has 1 aliphatic carbocycles. The Morgan fingerprint density at radius 2 is 2.05 bits per heavy atom. The summed E-state index contributed by atoms with van der Waals surface area (Å²) in [4.78, 5) is 16.9. The van der Waals surface area contributed by atoms with Crippen LogP contribution in [0, 0.1) is 0 Å². The van der Waals surface area contributed by atoms with E-state index in [4.69, 9.17) is 0 Å². The molecule has 3 nitrogen and oxygen atoms in total. The minimum Gasteiger partial charge on any atom is -0.324 e. The number of carbonyl (C=O) groups is 1. The lowest BCUT2D eigenvalue weighted by molar-refractivity contribution is -0.120. The summed E-state index contributed by atoms with van der Waals surface area (Å²) in [6.07, 6.45) is 5.97. The molecule has 4 rings (SSSR count). The second-order valence-electron chi connectivity index (χ2n) is 5.45. The van der Waals surface area contributed by atoms with Crippen molar-refractivity contribution in [3.05, 3.63) is 34.4 Å². The van der Waals surface area contributed by atoms with Crippen LogP contribution in [0.25, 0.3) is 10.9 Å². The molecule has 19 heavy (non-hydrogen) atoms. The number of pyridine rings is 1. The van der Waals surface area contributed by atoms with Crippen LogP contribution in [-0.4, -0.2) is 10.9 Å². The Kier molecular flexibility index (Phi) is 2.28. The van der Waals surface area contributed by atoms with Crippen molar-refractivity contribution < 1.29 is 4.79 Å². The normalized spacial score (nSPS) is 19.9. The van der Waals surface area contributed by atoms with E-state index in [2.05, 4.69) is 32.3 Å². The third-order valence-corrected chi connectivity index (χ3v) is 4.94. The van der Waals surface area contributed by atoms with E-state index < -0.39 is 0 Å². The summed E-state index contributed by atoms with van der Waals surface area (Å²) >= 11 is 3.52. The third-order valence-electron chi connectivity index (χ3n) is 4.45. The van der Waals surface area contributed by atoms with Gasteiger partial charge in [-0.15, -0.1) is 0 Å². The quantitative estimate of drug-likeness (QED) is 0.804. The second kappa shape index (κ2) is 3.79. The fourth-order valence-electron chi connectivity index (χ4n) is 3.59. The van der Waals surface area contributed by atoms with Gasteiger partial charge in [0.05, 0.1) is 22.8 Å². The number of fused-ring (bicyclic) bond motifs is 4. The molecule has 1 aromatic heterocycles. The van der Waals surface area contributed by atoms with Crippen LogP contribution in [0.2, 0.25) is 0 Å². The molecule has 1 aromatic carbocycles. The van der Waals surface area contributed by atoms with E-state index in [0.29, 0.717) is 0 Å². The highest BCUT2D eigenvalue weighted by atomic mass is 79.9. The van der Waals surface area contributed by atoms with Crippen molar-refractivity contribution in [3.63, 3.8) is 0 Å². The molecule has 96 valence electrons. The van der Waals surface area contributed by atoms with Crippen LogP contribution < -0.4 is 5.32 Å². The summed E-state index contributed by atoms with van der Waals surface area (Å²) in [5.74, 6) is 0.161. The molecule has 0 atom stereocenters. The van der Waals surface area contributed by atoms with Crippen LogP contribution in [-0.2, 0) is 10.2 Å². The van der Waals surface area contributed by atoms with Gasteiger partial charge < -0.3 is 5.32 Å². The lowest BCUT2D eigenvalue weighted by atomic mass is 9.78. The number of carbonyl (C=O) groups excluding carboxylic acids is 1. The van der Waals surface area contributed by atoms with E-state index in [1.165, 1.54) is 5.56 Å². The molecular weight excluding hydrogens is 304 g/mol. The molecule has 4 heteroatoms. The number of benzene rings is 1. The van der Waals surface area contributed by atoms with E-state index in [1.54, 1.807) is 6.20 Å². The number of nitrogens with one attached hydrogen (secondary N) is 1. The maximum atomic E-state index is 12.4. The smallest absolute Gasteiger partial charge is 0.235 e. The molecule has 2 aromatic rings. The number of aromatic nitrogens is 1. The van der Waals surface area contributed by atoms with Crippen molar-refractivity contribution in [2.45, 2.75) is 31.1 Å². The molecule has 1 saturated carbocycles. The van der Waals surface area contributed by atoms with E-state index in [0.717, 1.165) is 46.7 Å². The lowest BCUT2D eigenvalue weighted by Crippen LogP contribution is -2.31. The van der Waals surface area contributed by atoms with Crippen LogP contribution in [0.15, 0.2) is 28.9 Å². The SMILES string of the molecule is O=C1Nc2cnc3ccc(Br)cc3c2C12CCCC2. The molecule has 1 aliphatic heterocycles. The zero-order chi connectivity index (χ0) is 13.0. The Morgan fingerprint density at radius 3 is 2.84 bits per heavy atom. The van der Waals surface area contributed by atoms with Crippen LogP contribution in [0.5, 0.6) is 0 Å². The van der Waals surface area contributed by atoms with Gasteiger partial charge >= 0.3 is 0 Å². The van der Waals surface area contributed by atoms with E-state index in [1.807, 2.05) is 12.1 Å². The van der Waals surface area contributed by atoms with Gasteiger partial charge in [0.15, 0.2) is 0 Å². The van der Waals surface area contributed by atoms with Crippen molar-refractivity contribution in [2.75, 3.05) is 5.32 Å². The highest BCUT2D eigenvalue weighted by Crippen LogP contribution is 2.51. The maximum absolute atomic E-state index is 12.4. The van der Waals surface area contributed by atoms with Gasteiger partial charge in [0.25, 0.3) is 0 Å². The van der Waals surface area contributed by atoms with Crippen LogP contribution in [0.4, 0.5) is 5.69 Å². The average Bonchev–Trinajstić information content (AvgIpc) is 2.98. The summed E-state index contributed by atoms with van der Waals surface area (Å²) in [5, 5.41) is 4.13. The largest absolute Gasteiger partial charge is 0.324 e. The lowest BCUT2D eigenvalue weighted by Gasteiger charge is -2.22. The molecule has 0 saturated heterocycles. The van der Waals surface area contributed by atoms with Crippen LogP contribution in [0.3, 0.4) is 0 Å². The highest BCUT2D eigenvalue weighted by Gasteiger charge is 2.49. The van der Waals surface area contributed by atoms with Crippen LogP contribution in [0.1, 0.15) is 31.2 Å². The van der Waals surface area contributed by atoms with Gasteiger partial charge in [-0.3, -0.25) is 9.78 Å². The Labute approximate surface area is 119 Å². The monoisotopic (exact) mass is 316 g/mol. The number of rotatable bonds is 0. The highest BCUT2D eigenvalue weighted by molar-refractivity contribution is 9.10. The zero-order valence-corrected chi connectivity index (χ0v) is 12.0. The predicted molar refractivity (Wildman–Crippen MR) is 78.2 cm³/mol. The summed E-state index contributed by atoms with van der Waals surface area (Å²) in [6, 6.07) is 6.08. The van der Waals surface area contributed by atoms with Crippen molar-refractivity contribution in [1.82, 2.24) is 4.98 Å². The molecule has 0 unspecified atom stereocenters. The van der Waals surface area contributed by atoms with Gasteiger partial charge in [-0.1, -0.05) is 28.8 Å². The van der Waals surface area contributed by atoms with Gasteiger partial charge in [0, 0.05) is 15.4 Å². The van der Waals surface area contributed by atoms with E-state index >= 15 is 0 Å². The molecule has 2 heterocycles. The Morgan fingerprint density at radius 1 is 1.26 bits per heavy atom. The topological polar surface area (TPSA) is 42.0 Å². The molecule has 1 N–H and O–H groups in total. The van der Waals surface area contributed by atoms with E-state index in [-0.39, 0.29) is 11.3 Å². The molecule has 0 bridgehead atoms. The fraction of sp³-hybridized carbons (Fsp3) is 0.333. The number of nitrogens with zero attached hydrogens (tertiary/aromatic N) is 1. The Bertz CT molecular complexity index is 705. The van der Waals surface area contributed by atoms with Crippen molar-refractivity contribution in [3.8, 4) is 0 Å². The zero-order valence-electron chi connectivity index (χ0n) is 10.4. The minimum absolute atomic E-state index is 0.161. The summed E-state index contributed by atoms with van der Waals surface area (Å²) in [6.45, 7) is 0. The molecule has 1 amide bonds. The molecular formula is C15H13BrN2O. The second-order valence-corrected chi connectivity index (χ2v) is 6.37. The van der Waals surface area contributed by atoms with Gasteiger partial charge in [0.1, 0.15) is 0 Å². The molecule has 1 spiro atoms. The molecule has 0 radical (unpaired) electrons. The fourth-order valence-corrected chi connectivity index (χ4v) is 3.95. The standard InChI is InChI=1S/C15H13BrN2O/c16-9-3-4-11-10(7-9)13-12(8-17-11)18-14(19)15(13)5-1-2-6-15/h3-4,7-8H,1-2,5-6H2,(H,18,19). The minimum atomic E-state index is -0.308. The first-order valence-electron chi connectivity index (χ1n) is 6.61. The van der Waals surface area contributed by atoms with Gasteiger partial charge in [-0.05, 0) is 31.0 Å². The Hall–Kier alpha value is -1.42. The number of hydrogen-bond acceptors (Lipinski definition) is 2. The average molecular weight is 317 g/mol. The number of hydrogen-bond donors (Lipinski definition) is 1. The molecule has 2 aliphatic rings. The predicted octanol–water partition coefficient (Wildman–Crippen LogP) is 3.76. The number of anilines is 1. The number of amides is 1. The third kappa shape index (κ3) is 1.43. The van der Waals surface area contributed by atoms with Gasteiger partial charge in [-0.2, -0.15) is 0 Å². The van der Waals surface area contributed by atoms with Crippen molar-refractivity contribution in [1.29, 1.82) is 0 Å². The molecule has 1 fully saturated rings. The van der Waals surface area contributed by atoms with E-state index in [9.17, 15) is 4.79 Å². The number of halogens is 1. The Balaban J connectivity index is 2.09. The first kappa shape index (κ1) is 11.4. The van der Waals surface area contributed by atoms with Gasteiger partial charge in [-0.25, -0.2) is 0 Å². The summed E-state index contributed by atoms with van der Waals surface area (Å²) in [7, 11) is 0. The van der Waals surface area contributed by atoms with Crippen molar-refractivity contribution in [2.24, 2.45) is 0 Å². The first-order chi connectivity index (χ1) is 9.21. The van der Waals surface area contributed by atoms with Gasteiger partial charge in [0.2, 0.25) is 5.91 Å². The summed E-state index contributed by atoms with van der Waals surface area (Å²) in [5.41, 5.74) is 2.72. The van der Waals surface area contributed by atoms with Crippen LogP contribution >= 0.6 is 15.9 Å². The summed E-state index contributed by atoms with van der Waals surface area (Å²) < 4.78 is 1.03. The van der Waals surface area contributed by atoms with Crippen molar-refractivity contribution >= 4 is 38.4 Å².